The molecule has 0 aliphatic carbocycles. The molecule has 0 spiro atoms. The summed E-state index contributed by atoms with van der Waals surface area (Å²) in [5.74, 6) is -0.516. The molecule has 0 radical (unpaired) electrons. The minimum absolute atomic E-state index is 0.0130. The average molecular weight is 289 g/mol. The predicted octanol–water partition coefficient (Wildman–Crippen LogP) is 2.68. The molecule has 1 aromatic carbocycles. The molecule has 2 unspecified atom stereocenters. The van der Waals surface area contributed by atoms with E-state index in [-0.39, 0.29) is 12.3 Å². The number of hydrogen-bond acceptors (Lipinski definition) is 2. The number of carboxylic acids is 1. The van der Waals surface area contributed by atoms with Crippen LogP contribution in [-0.4, -0.2) is 35.0 Å². The first-order valence-electron chi connectivity index (χ1n) is 7.50. The molecule has 0 aromatic heterocycles. The zero-order valence-corrected chi connectivity index (χ0v) is 12.7. The number of piperidine rings is 1. The molecule has 1 saturated heterocycles. The van der Waals surface area contributed by atoms with Crippen LogP contribution in [0.2, 0.25) is 0 Å². The fourth-order valence-corrected chi connectivity index (χ4v) is 2.94. The van der Waals surface area contributed by atoms with E-state index in [1.165, 1.54) is 0 Å². The van der Waals surface area contributed by atoms with Crippen LogP contribution in [0.5, 0.6) is 0 Å². The maximum Gasteiger partial charge on any atom is 0.314 e. The van der Waals surface area contributed by atoms with Crippen LogP contribution >= 0.6 is 0 Å². The third kappa shape index (κ3) is 3.43. The molecule has 114 valence electrons. The van der Waals surface area contributed by atoms with Crippen LogP contribution in [0.25, 0.3) is 0 Å². The number of aliphatic carboxylic acids is 1. The van der Waals surface area contributed by atoms with Crippen LogP contribution in [0.4, 0.5) is 0 Å². The third-order valence-corrected chi connectivity index (χ3v) is 4.40. The Morgan fingerprint density at radius 3 is 2.57 bits per heavy atom. The molecule has 1 fully saturated rings. The van der Waals surface area contributed by atoms with Gasteiger partial charge in [-0.25, -0.2) is 0 Å². The summed E-state index contributed by atoms with van der Waals surface area (Å²) in [6, 6.07) is 9.02. The summed E-state index contributed by atoms with van der Waals surface area (Å²) in [5, 5.41) is 9.61. The lowest BCUT2D eigenvalue weighted by atomic mass is 9.79. The Labute approximate surface area is 125 Å². The monoisotopic (exact) mass is 289 g/mol. The van der Waals surface area contributed by atoms with Crippen LogP contribution in [-0.2, 0) is 15.0 Å². The van der Waals surface area contributed by atoms with Gasteiger partial charge in [0, 0.05) is 19.5 Å². The summed E-state index contributed by atoms with van der Waals surface area (Å²) < 4.78 is 0. The summed E-state index contributed by atoms with van der Waals surface area (Å²) in [6.07, 6.45) is 2.15. The van der Waals surface area contributed by atoms with Gasteiger partial charge in [0.15, 0.2) is 0 Å². The fourth-order valence-electron chi connectivity index (χ4n) is 2.94. The van der Waals surface area contributed by atoms with E-state index in [1.54, 1.807) is 19.1 Å². The molecule has 4 heteroatoms. The molecule has 1 aliphatic heterocycles. The van der Waals surface area contributed by atoms with Crippen molar-refractivity contribution in [2.45, 2.75) is 38.5 Å². The molecule has 2 atom stereocenters. The zero-order valence-electron chi connectivity index (χ0n) is 12.7. The van der Waals surface area contributed by atoms with Gasteiger partial charge < -0.3 is 10.0 Å². The normalized spacial score (nSPS) is 21.6. The Hall–Kier alpha value is -1.84. The Balaban J connectivity index is 2.17. The SMILES string of the molecule is CC1CCCN(C(=O)CC(C)(C(=O)O)c2ccccc2)C1. The van der Waals surface area contributed by atoms with Gasteiger partial charge in [0.1, 0.15) is 0 Å². The molecular formula is C17H23NO3. The molecule has 1 aromatic rings. The number of carboxylic acid groups (broad SMARTS) is 1. The molecule has 1 N–H and O–H groups in total. The first-order chi connectivity index (χ1) is 9.93. The number of carbonyl (C=O) groups excluding carboxylic acids is 1. The van der Waals surface area contributed by atoms with Crippen molar-refractivity contribution < 1.29 is 14.7 Å². The van der Waals surface area contributed by atoms with E-state index >= 15 is 0 Å². The highest BCUT2D eigenvalue weighted by Gasteiger charge is 2.39. The minimum Gasteiger partial charge on any atom is -0.481 e. The van der Waals surface area contributed by atoms with Crippen LogP contribution in [0.1, 0.15) is 38.7 Å². The van der Waals surface area contributed by atoms with Gasteiger partial charge in [0.2, 0.25) is 5.91 Å². The van der Waals surface area contributed by atoms with E-state index in [2.05, 4.69) is 6.92 Å². The van der Waals surface area contributed by atoms with Crippen molar-refractivity contribution in [2.24, 2.45) is 5.92 Å². The van der Waals surface area contributed by atoms with Gasteiger partial charge >= 0.3 is 5.97 Å². The van der Waals surface area contributed by atoms with E-state index in [0.29, 0.717) is 11.5 Å². The number of amides is 1. The van der Waals surface area contributed by atoms with E-state index < -0.39 is 11.4 Å². The maximum absolute atomic E-state index is 12.5. The summed E-state index contributed by atoms with van der Waals surface area (Å²) in [4.78, 5) is 26.1. The second-order valence-electron chi connectivity index (χ2n) is 6.27. The Morgan fingerprint density at radius 1 is 1.33 bits per heavy atom. The number of benzene rings is 1. The summed E-state index contributed by atoms with van der Waals surface area (Å²) in [6.45, 7) is 5.25. The van der Waals surface area contributed by atoms with Gasteiger partial charge in [-0.05, 0) is 31.2 Å². The molecule has 1 amide bonds. The molecule has 21 heavy (non-hydrogen) atoms. The van der Waals surface area contributed by atoms with Crippen LogP contribution < -0.4 is 0 Å². The molecule has 0 bridgehead atoms. The molecule has 1 heterocycles. The van der Waals surface area contributed by atoms with Crippen molar-refractivity contribution in [3.8, 4) is 0 Å². The van der Waals surface area contributed by atoms with E-state index in [0.717, 1.165) is 25.9 Å². The number of rotatable bonds is 4. The standard InChI is InChI=1S/C17H23NO3/c1-13-7-6-10-18(12-13)15(19)11-17(2,16(20)21)14-8-4-3-5-9-14/h3-5,8-9,13H,6-7,10-12H2,1-2H3,(H,20,21). The van der Waals surface area contributed by atoms with Gasteiger partial charge in [-0.3, -0.25) is 9.59 Å². The molecule has 4 nitrogen and oxygen atoms in total. The first-order valence-corrected chi connectivity index (χ1v) is 7.50. The lowest BCUT2D eigenvalue weighted by molar-refractivity contribution is -0.148. The van der Waals surface area contributed by atoms with Crippen molar-refractivity contribution in [1.29, 1.82) is 0 Å². The van der Waals surface area contributed by atoms with Gasteiger partial charge in [0.25, 0.3) is 0 Å². The topological polar surface area (TPSA) is 57.6 Å². The highest BCUT2D eigenvalue weighted by molar-refractivity contribution is 5.89. The van der Waals surface area contributed by atoms with Crippen molar-refractivity contribution in [2.75, 3.05) is 13.1 Å². The average Bonchev–Trinajstić information content (AvgIpc) is 2.47. The largest absolute Gasteiger partial charge is 0.481 e. The van der Waals surface area contributed by atoms with Crippen LogP contribution in [0, 0.1) is 5.92 Å². The van der Waals surface area contributed by atoms with Crippen LogP contribution in [0.3, 0.4) is 0 Å². The van der Waals surface area contributed by atoms with Gasteiger partial charge in [-0.15, -0.1) is 0 Å². The molecular weight excluding hydrogens is 266 g/mol. The molecule has 1 aliphatic rings. The van der Waals surface area contributed by atoms with E-state index in [1.807, 2.05) is 23.1 Å². The summed E-state index contributed by atoms with van der Waals surface area (Å²) >= 11 is 0. The summed E-state index contributed by atoms with van der Waals surface area (Å²) in [7, 11) is 0. The second kappa shape index (κ2) is 6.29. The Kier molecular flexibility index (Phi) is 4.66. The number of hydrogen-bond donors (Lipinski definition) is 1. The van der Waals surface area contributed by atoms with Crippen molar-refractivity contribution in [3.05, 3.63) is 35.9 Å². The minimum atomic E-state index is -1.17. The van der Waals surface area contributed by atoms with Gasteiger partial charge in [-0.1, -0.05) is 37.3 Å². The van der Waals surface area contributed by atoms with E-state index in [9.17, 15) is 14.7 Å². The van der Waals surface area contributed by atoms with E-state index in [4.69, 9.17) is 0 Å². The van der Waals surface area contributed by atoms with Crippen molar-refractivity contribution >= 4 is 11.9 Å². The quantitative estimate of drug-likeness (QED) is 0.927. The van der Waals surface area contributed by atoms with Crippen molar-refractivity contribution in [3.63, 3.8) is 0 Å². The fraction of sp³-hybridized carbons (Fsp3) is 0.529. The number of likely N-dealkylation sites (tertiary alicyclic amines) is 1. The zero-order chi connectivity index (χ0) is 15.5. The van der Waals surface area contributed by atoms with Gasteiger partial charge in [0.05, 0.1) is 5.41 Å². The van der Waals surface area contributed by atoms with Crippen molar-refractivity contribution in [1.82, 2.24) is 4.90 Å². The Morgan fingerprint density at radius 2 is 2.00 bits per heavy atom. The molecule has 2 rings (SSSR count). The molecule has 0 saturated carbocycles. The predicted molar refractivity (Wildman–Crippen MR) is 81.0 cm³/mol. The lowest BCUT2D eigenvalue weighted by Gasteiger charge is -2.34. The maximum atomic E-state index is 12.5. The first kappa shape index (κ1) is 15.5. The van der Waals surface area contributed by atoms with Crippen LogP contribution in [0.15, 0.2) is 30.3 Å². The highest BCUT2D eigenvalue weighted by atomic mass is 16.4. The highest BCUT2D eigenvalue weighted by Crippen LogP contribution is 2.29. The van der Waals surface area contributed by atoms with Gasteiger partial charge in [-0.2, -0.15) is 0 Å². The lowest BCUT2D eigenvalue weighted by Crippen LogP contribution is -2.44. The number of carbonyl (C=O) groups is 2. The summed E-state index contributed by atoms with van der Waals surface area (Å²) in [5.41, 5.74) is -0.491. The Bertz CT molecular complexity index is 514. The number of nitrogens with zero attached hydrogens (tertiary/aromatic N) is 1. The third-order valence-electron chi connectivity index (χ3n) is 4.40. The second-order valence-corrected chi connectivity index (χ2v) is 6.27. The smallest absolute Gasteiger partial charge is 0.314 e.